The smallest absolute Gasteiger partial charge is 0.224 e. The quantitative estimate of drug-likeness (QED) is 0.357. The van der Waals surface area contributed by atoms with Gasteiger partial charge < -0.3 is 16.0 Å². The van der Waals surface area contributed by atoms with Crippen molar-refractivity contribution >= 4 is 28.7 Å². The van der Waals surface area contributed by atoms with Crippen molar-refractivity contribution in [2.24, 2.45) is 11.7 Å². The van der Waals surface area contributed by atoms with Crippen LogP contribution in [-0.2, 0) is 11.2 Å². The van der Waals surface area contributed by atoms with Crippen LogP contribution in [0.5, 0.6) is 0 Å². The minimum Gasteiger partial charge on any atom is -0.402 e. The highest BCUT2D eigenvalue weighted by atomic mass is 19.1. The number of hydrogen-bond donors (Lipinski definition) is 4. The number of carbonyl (C=O) groups is 1. The minimum atomic E-state index is -0.511. The standard InChI is InChI=1S/C24H23FN8O/c1-12(2)6-19(34)29-15-7-13(9-27-10-15)16-11-28-23-20(21(16)25)22(32-33-23)24-30-17-5-3-4-14(26)8-18(17)31-24/h3-5,7,9-12H,6,8,26H2,1-2H3,(H,29,34)(H,30,31)(H,28,32,33). The molecule has 0 spiro atoms. The number of halogens is 1. The Labute approximate surface area is 194 Å². The maximum absolute atomic E-state index is 15.8. The number of H-pyrrole nitrogens is 2. The Hall–Kier alpha value is -4.34. The number of aromatic amines is 2. The van der Waals surface area contributed by atoms with Gasteiger partial charge in [-0.3, -0.25) is 14.9 Å². The van der Waals surface area contributed by atoms with Crippen LogP contribution in [0.2, 0.25) is 0 Å². The number of carbonyl (C=O) groups excluding carboxylic acids is 1. The van der Waals surface area contributed by atoms with Gasteiger partial charge in [-0.1, -0.05) is 19.9 Å². The van der Waals surface area contributed by atoms with Crippen LogP contribution >= 0.6 is 0 Å². The van der Waals surface area contributed by atoms with Crippen molar-refractivity contribution in [2.45, 2.75) is 26.7 Å². The lowest BCUT2D eigenvalue weighted by atomic mass is 10.1. The third-order valence-electron chi connectivity index (χ3n) is 5.44. The van der Waals surface area contributed by atoms with Crippen molar-refractivity contribution < 1.29 is 9.18 Å². The first-order valence-corrected chi connectivity index (χ1v) is 10.9. The summed E-state index contributed by atoms with van der Waals surface area (Å²) < 4.78 is 15.8. The SMILES string of the molecule is CC(C)CC(=O)Nc1cncc(-c2cnc3n[nH]c(-c4nc5c([nH]4)CC(N)=CC=C5)c3c2F)c1. The van der Waals surface area contributed by atoms with Crippen LogP contribution < -0.4 is 11.1 Å². The Kier molecular flexibility index (Phi) is 5.40. The van der Waals surface area contributed by atoms with E-state index in [1.54, 1.807) is 6.07 Å². The molecule has 5 rings (SSSR count). The number of allylic oxidation sites excluding steroid dienone is 3. The van der Waals surface area contributed by atoms with Gasteiger partial charge in [-0.05, 0) is 24.1 Å². The molecule has 4 heterocycles. The molecule has 0 aromatic carbocycles. The second kappa shape index (κ2) is 8.54. The average molecular weight is 459 g/mol. The summed E-state index contributed by atoms with van der Waals surface area (Å²) in [7, 11) is 0. The number of pyridine rings is 2. The number of nitrogens with one attached hydrogen (secondary N) is 3. The molecule has 4 aromatic rings. The number of hydrogen-bond acceptors (Lipinski definition) is 6. The molecule has 0 radical (unpaired) electrons. The summed E-state index contributed by atoms with van der Waals surface area (Å²) in [5.41, 5.74) is 10.1. The summed E-state index contributed by atoms with van der Waals surface area (Å²) in [6.45, 7) is 3.93. The molecule has 0 saturated heterocycles. The van der Waals surface area contributed by atoms with Crippen LogP contribution in [0.3, 0.4) is 0 Å². The van der Waals surface area contributed by atoms with Gasteiger partial charge in [0.25, 0.3) is 0 Å². The number of nitrogens with zero attached hydrogens (tertiary/aromatic N) is 4. The van der Waals surface area contributed by atoms with Gasteiger partial charge in [-0.25, -0.2) is 14.4 Å². The first kappa shape index (κ1) is 21.5. The van der Waals surface area contributed by atoms with Crippen molar-refractivity contribution in [3.05, 3.63) is 59.7 Å². The summed E-state index contributed by atoms with van der Waals surface area (Å²) in [5, 5.41) is 10.0. The molecule has 10 heteroatoms. The van der Waals surface area contributed by atoms with E-state index in [1.807, 2.05) is 32.1 Å². The van der Waals surface area contributed by atoms with Crippen molar-refractivity contribution in [1.29, 1.82) is 0 Å². The molecule has 34 heavy (non-hydrogen) atoms. The third-order valence-corrected chi connectivity index (χ3v) is 5.44. The van der Waals surface area contributed by atoms with Crippen LogP contribution in [0.25, 0.3) is 39.8 Å². The van der Waals surface area contributed by atoms with Crippen LogP contribution in [-0.4, -0.2) is 36.0 Å². The third kappa shape index (κ3) is 4.05. The number of aromatic nitrogens is 6. The van der Waals surface area contributed by atoms with E-state index in [2.05, 4.69) is 35.5 Å². The molecule has 9 nitrogen and oxygen atoms in total. The number of imidazole rings is 1. The first-order chi connectivity index (χ1) is 16.4. The van der Waals surface area contributed by atoms with Gasteiger partial charge in [0.15, 0.2) is 11.5 Å². The molecule has 172 valence electrons. The summed E-state index contributed by atoms with van der Waals surface area (Å²) in [5.74, 6) is 0.0295. The maximum atomic E-state index is 15.8. The van der Waals surface area contributed by atoms with Crippen LogP contribution in [0.4, 0.5) is 10.1 Å². The molecule has 0 saturated carbocycles. The zero-order valence-corrected chi connectivity index (χ0v) is 18.7. The fraction of sp³-hybridized carbons (Fsp3) is 0.208. The highest BCUT2D eigenvalue weighted by Gasteiger charge is 2.21. The van der Waals surface area contributed by atoms with E-state index in [0.29, 0.717) is 41.3 Å². The van der Waals surface area contributed by atoms with Gasteiger partial charge in [-0.15, -0.1) is 0 Å². The van der Waals surface area contributed by atoms with E-state index in [9.17, 15) is 4.79 Å². The molecule has 0 fully saturated rings. The van der Waals surface area contributed by atoms with E-state index < -0.39 is 5.82 Å². The van der Waals surface area contributed by atoms with Crippen molar-refractivity contribution in [2.75, 3.05) is 5.32 Å². The second-order valence-corrected chi connectivity index (χ2v) is 8.62. The number of amides is 1. The molecule has 1 amide bonds. The zero-order chi connectivity index (χ0) is 23.8. The number of rotatable bonds is 5. The lowest BCUT2D eigenvalue weighted by Crippen LogP contribution is -2.14. The Morgan fingerprint density at radius 3 is 2.97 bits per heavy atom. The number of anilines is 1. The fourth-order valence-corrected chi connectivity index (χ4v) is 3.90. The largest absolute Gasteiger partial charge is 0.402 e. The Morgan fingerprint density at radius 2 is 2.15 bits per heavy atom. The normalized spacial score (nSPS) is 13.1. The van der Waals surface area contributed by atoms with Crippen LogP contribution in [0, 0.1) is 11.7 Å². The van der Waals surface area contributed by atoms with E-state index in [0.717, 1.165) is 11.4 Å². The molecule has 5 N–H and O–H groups in total. The van der Waals surface area contributed by atoms with Crippen LogP contribution in [0.1, 0.15) is 31.7 Å². The second-order valence-electron chi connectivity index (χ2n) is 8.62. The van der Waals surface area contributed by atoms with Gasteiger partial charge in [0, 0.05) is 47.8 Å². The summed E-state index contributed by atoms with van der Waals surface area (Å²) in [4.78, 5) is 28.4. The Morgan fingerprint density at radius 1 is 1.29 bits per heavy atom. The number of nitrogens with two attached hydrogens (primary N) is 1. The zero-order valence-electron chi connectivity index (χ0n) is 18.7. The van der Waals surface area contributed by atoms with E-state index in [-0.39, 0.29) is 28.4 Å². The molecule has 1 aliphatic rings. The summed E-state index contributed by atoms with van der Waals surface area (Å²) >= 11 is 0. The lowest BCUT2D eigenvalue weighted by Gasteiger charge is -2.09. The first-order valence-electron chi connectivity index (χ1n) is 10.9. The monoisotopic (exact) mass is 458 g/mol. The van der Waals surface area contributed by atoms with Crippen molar-refractivity contribution in [1.82, 2.24) is 30.1 Å². The molecule has 0 aliphatic heterocycles. The van der Waals surface area contributed by atoms with E-state index in [4.69, 9.17) is 5.73 Å². The van der Waals surface area contributed by atoms with Crippen molar-refractivity contribution in [3.8, 4) is 22.6 Å². The summed E-state index contributed by atoms with van der Waals surface area (Å²) in [6.07, 6.45) is 10.9. The van der Waals surface area contributed by atoms with Gasteiger partial charge in [0.05, 0.1) is 23.0 Å². The molecule has 0 bridgehead atoms. The molecular formula is C24H23FN8O. The van der Waals surface area contributed by atoms with Gasteiger partial charge in [-0.2, -0.15) is 5.10 Å². The predicted molar refractivity (Wildman–Crippen MR) is 128 cm³/mol. The molecule has 0 unspecified atom stereocenters. The van der Waals surface area contributed by atoms with Gasteiger partial charge in [0.2, 0.25) is 5.91 Å². The molecule has 4 aromatic heterocycles. The van der Waals surface area contributed by atoms with Crippen molar-refractivity contribution in [3.63, 3.8) is 0 Å². The van der Waals surface area contributed by atoms with Gasteiger partial charge in [0.1, 0.15) is 11.5 Å². The lowest BCUT2D eigenvalue weighted by molar-refractivity contribution is -0.116. The molecule has 0 atom stereocenters. The fourth-order valence-electron chi connectivity index (χ4n) is 3.90. The maximum Gasteiger partial charge on any atom is 0.224 e. The van der Waals surface area contributed by atoms with Crippen LogP contribution in [0.15, 0.2) is 42.5 Å². The minimum absolute atomic E-state index is 0.123. The molecule has 1 aliphatic carbocycles. The average Bonchev–Trinajstić information content (AvgIpc) is 3.34. The van der Waals surface area contributed by atoms with E-state index >= 15 is 4.39 Å². The Balaban J connectivity index is 1.53. The predicted octanol–water partition coefficient (Wildman–Crippen LogP) is 3.95. The summed E-state index contributed by atoms with van der Waals surface area (Å²) in [6, 6.07) is 1.67. The van der Waals surface area contributed by atoms with E-state index in [1.165, 1.54) is 18.6 Å². The number of fused-ring (bicyclic) bond motifs is 2. The van der Waals surface area contributed by atoms with Gasteiger partial charge >= 0.3 is 0 Å². The topological polar surface area (TPSA) is 138 Å². The Bertz CT molecular complexity index is 1460. The molecular weight excluding hydrogens is 435 g/mol. The highest BCUT2D eigenvalue weighted by Crippen LogP contribution is 2.33. The highest BCUT2D eigenvalue weighted by molar-refractivity contribution is 5.94.